The van der Waals surface area contributed by atoms with Gasteiger partial charge in [0, 0.05) is 23.6 Å². The molecule has 9 heteroatoms. The number of rotatable bonds is 2. The van der Waals surface area contributed by atoms with Gasteiger partial charge >= 0.3 is 0 Å². The Morgan fingerprint density at radius 1 is 1.19 bits per heavy atom. The summed E-state index contributed by atoms with van der Waals surface area (Å²) in [6.07, 6.45) is 1.80. The van der Waals surface area contributed by atoms with Gasteiger partial charge in [0.1, 0.15) is 12.1 Å². The van der Waals surface area contributed by atoms with Gasteiger partial charge in [0.15, 0.2) is 17.3 Å². The van der Waals surface area contributed by atoms with Crippen molar-refractivity contribution in [1.82, 2.24) is 25.2 Å². The van der Waals surface area contributed by atoms with E-state index in [9.17, 15) is 9.90 Å². The minimum Gasteiger partial charge on any atom is -0.508 e. The number of amidine groups is 1. The number of nitrogens with one attached hydrogen (secondary N) is 1. The lowest BCUT2D eigenvalue weighted by atomic mass is 9.85. The Balaban J connectivity index is 1.58. The van der Waals surface area contributed by atoms with Crippen molar-refractivity contribution in [3.8, 4) is 5.75 Å². The van der Waals surface area contributed by atoms with Gasteiger partial charge in [-0.25, -0.2) is 5.01 Å². The van der Waals surface area contributed by atoms with E-state index in [0.29, 0.717) is 17.3 Å². The van der Waals surface area contributed by atoms with E-state index >= 15 is 0 Å². The topological polar surface area (TPSA) is 108 Å². The van der Waals surface area contributed by atoms with Gasteiger partial charge in [0.2, 0.25) is 5.91 Å². The third-order valence-electron chi connectivity index (χ3n) is 4.77. The van der Waals surface area contributed by atoms with Gasteiger partial charge in [-0.1, -0.05) is 12.1 Å². The first kappa shape index (κ1) is 15.5. The highest BCUT2D eigenvalue weighted by Crippen LogP contribution is 2.38. The fourth-order valence-corrected chi connectivity index (χ4v) is 3.53. The highest BCUT2D eigenvalue weighted by Gasteiger charge is 2.38. The van der Waals surface area contributed by atoms with Crippen molar-refractivity contribution in [3.63, 3.8) is 0 Å². The second-order valence-corrected chi connectivity index (χ2v) is 6.49. The fourth-order valence-electron chi connectivity index (χ4n) is 3.53. The number of phenols is 1. The lowest BCUT2D eigenvalue weighted by Crippen LogP contribution is -2.39. The molecule has 1 unspecified atom stereocenters. The molecule has 0 bridgehead atoms. The zero-order valence-electron chi connectivity index (χ0n) is 14.4. The standard InChI is InChI=1S/C18H15N7O2/c1-10-17-13(11-2-4-12(26)5-3-11)8-16(27)20-18(17)25(22-10)15-7-6-14-21-19-9-24(14)23-15/h2-7,9,13,22,26H,8H2,1H3. The van der Waals surface area contributed by atoms with E-state index in [-0.39, 0.29) is 24.0 Å². The van der Waals surface area contributed by atoms with Crippen LogP contribution in [-0.2, 0) is 4.79 Å². The second kappa shape index (κ2) is 5.63. The Kier molecular flexibility index (Phi) is 3.23. The number of hydrogen-bond donors (Lipinski definition) is 2. The molecule has 2 aromatic heterocycles. The van der Waals surface area contributed by atoms with Gasteiger partial charge in [-0.3, -0.25) is 10.2 Å². The Labute approximate surface area is 153 Å². The van der Waals surface area contributed by atoms with Crippen LogP contribution in [0, 0.1) is 0 Å². The van der Waals surface area contributed by atoms with Crippen molar-refractivity contribution < 1.29 is 9.90 Å². The maximum atomic E-state index is 12.4. The summed E-state index contributed by atoms with van der Waals surface area (Å²) in [6.45, 7) is 1.95. The van der Waals surface area contributed by atoms with Gasteiger partial charge in [-0.15, -0.1) is 15.3 Å². The van der Waals surface area contributed by atoms with E-state index in [1.165, 1.54) is 6.33 Å². The van der Waals surface area contributed by atoms with E-state index < -0.39 is 0 Å². The highest BCUT2D eigenvalue weighted by atomic mass is 16.3. The first-order valence-corrected chi connectivity index (χ1v) is 8.45. The summed E-state index contributed by atoms with van der Waals surface area (Å²) >= 11 is 0. The maximum absolute atomic E-state index is 12.4. The van der Waals surface area contributed by atoms with E-state index in [1.54, 1.807) is 33.8 Å². The number of aromatic nitrogens is 4. The number of aromatic hydroxyl groups is 1. The predicted octanol–water partition coefficient (Wildman–Crippen LogP) is 1.54. The van der Waals surface area contributed by atoms with Gasteiger partial charge in [-0.05, 0) is 36.8 Å². The molecule has 0 radical (unpaired) electrons. The summed E-state index contributed by atoms with van der Waals surface area (Å²) in [5.74, 6) is 0.981. The smallest absolute Gasteiger partial charge is 0.248 e. The fraction of sp³-hybridized carbons (Fsp3) is 0.167. The molecule has 134 valence electrons. The molecule has 0 spiro atoms. The van der Waals surface area contributed by atoms with Gasteiger partial charge in [-0.2, -0.15) is 9.51 Å². The summed E-state index contributed by atoms with van der Waals surface area (Å²) in [7, 11) is 0. The predicted molar refractivity (Wildman–Crippen MR) is 97.0 cm³/mol. The quantitative estimate of drug-likeness (QED) is 0.713. The zero-order valence-corrected chi connectivity index (χ0v) is 14.4. The summed E-state index contributed by atoms with van der Waals surface area (Å²) in [5.41, 5.74) is 6.71. The van der Waals surface area contributed by atoms with Crippen molar-refractivity contribution in [2.24, 2.45) is 4.99 Å². The van der Waals surface area contributed by atoms with Crippen LogP contribution in [0.2, 0.25) is 0 Å². The third kappa shape index (κ3) is 2.43. The molecule has 0 saturated heterocycles. The largest absolute Gasteiger partial charge is 0.508 e. The number of carbonyl (C=O) groups excluding carboxylic acids is 1. The normalized spacial score (nSPS) is 19.3. The molecule has 1 aromatic carbocycles. The Hall–Kier alpha value is -3.75. The SMILES string of the molecule is CC1=C2C(=NC(=O)CC2c2ccc(O)cc2)N(c2ccc3nncn3n2)N1. The molecule has 0 saturated carbocycles. The average molecular weight is 361 g/mol. The summed E-state index contributed by atoms with van der Waals surface area (Å²) in [6, 6.07) is 10.5. The molecule has 27 heavy (non-hydrogen) atoms. The number of phenolic OH excluding ortho intramolecular Hbond substituents is 1. The molecule has 2 aliphatic rings. The molecule has 1 amide bonds. The lowest BCUT2D eigenvalue weighted by Gasteiger charge is -2.25. The number of allylic oxidation sites excluding steroid dienone is 1. The minimum absolute atomic E-state index is 0.137. The number of nitrogens with zero attached hydrogens (tertiary/aromatic N) is 6. The van der Waals surface area contributed by atoms with Crippen LogP contribution in [0.5, 0.6) is 5.75 Å². The van der Waals surface area contributed by atoms with Crippen LogP contribution in [0.1, 0.15) is 24.8 Å². The van der Waals surface area contributed by atoms with Gasteiger partial charge < -0.3 is 5.11 Å². The summed E-state index contributed by atoms with van der Waals surface area (Å²) in [5, 5.41) is 23.5. The van der Waals surface area contributed by atoms with Crippen LogP contribution in [0.4, 0.5) is 5.82 Å². The van der Waals surface area contributed by atoms with E-state index in [0.717, 1.165) is 16.8 Å². The molecular formula is C18H15N7O2. The Morgan fingerprint density at radius 3 is 2.81 bits per heavy atom. The number of amides is 1. The molecule has 2 N–H and O–H groups in total. The van der Waals surface area contributed by atoms with Crippen LogP contribution in [0.15, 0.2) is 59.0 Å². The zero-order chi connectivity index (χ0) is 18.5. The molecule has 5 rings (SSSR count). The second-order valence-electron chi connectivity index (χ2n) is 6.49. The lowest BCUT2D eigenvalue weighted by molar-refractivity contribution is -0.118. The van der Waals surface area contributed by atoms with Crippen LogP contribution in [0.25, 0.3) is 5.65 Å². The van der Waals surface area contributed by atoms with Gasteiger partial charge in [0.05, 0.1) is 0 Å². The molecule has 9 nitrogen and oxygen atoms in total. The maximum Gasteiger partial charge on any atom is 0.248 e. The van der Waals surface area contributed by atoms with Gasteiger partial charge in [0.25, 0.3) is 0 Å². The molecule has 0 fully saturated rings. The number of aliphatic imine (C=N–C) groups is 1. The first-order valence-electron chi connectivity index (χ1n) is 8.45. The van der Waals surface area contributed by atoms with Crippen LogP contribution in [-0.4, -0.2) is 36.7 Å². The van der Waals surface area contributed by atoms with Crippen LogP contribution < -0.4 is 10.4 Å². The molecule has 3 aromatic rings. The molecule has 1 atom stereocenters. The first-order chi connectivity index (χ1) is 13.1. The molecular weight excluding hydrogens is 346 g/mol. The average Bonchev–Trinajstić information content (AvgIpc) is 3.25. The van der Waals surface area contributed by atoms with E-state index in [2.05, 4.69) is 25.7 Å². The molecule has 0 aliphatic carbocycles. The Bertz CT molecular complexity index is 1130. The van der Waals surface area contributed by atoms with Crippen molar-refractivity contribution in [3.05, 3.63) is 59.6 Å². The highest BCUT2D eigenvalue weighted by molar-refractivity contribution is 6.18. The minimum atomic E-state index is -0.196. The van der Waals surface area contributed by atoms with Crippen molar-refractivity contribution in [2.45, 2.75) is 19.3 Å². The van der Waals surface area contributed by atoms with Crippen LogP contribution >= 0.6 is 0 Å². The Morgan fingerprint density at radius 2 is 2.00 bits per heavy atom. The number of fused-ring (bicyclic) bond motifs is 2. The third-order valence-corrected chi connectivity index (χ3v) is 4.77. The van der Waals surface area contributed by atoms with Crippen molar-refractivity contribution in [2.75, 3.05) is 5.01 Å². The number of carbonyl (C=O) groups is 1. The summed E-state index contributed by atoms with van der Waals surface area (Å²) in [4.78, 5) is 16.6. The summed E-state index contributed by atoms with van der Waals surface area (Å²) < 4.78 is 1.56. The van der Waals surface area contributed by atoms with E-state index in [1.807, 2.05) is 19.1 Å². The van der Waals surface area contributed by atoms with Crippen molar-refractivity contribution >= 4 is 23.2 Å². The number of hydrazine groups is 1. The monoisotopic (exact) mass is 361 g/mol. The van der Waals surface area contributed by atoms with E-state index in [4.69, 9.17) is 0 Å². The van der Waals surface area contributed by atoms with Crippen molar-refractivity contribution in [1.29, 1.82) is 0 Å². The number of anilines is 1. The number of hydrogen-bond acceptors (Lipinski definition) is 7. The molecule has 2 aliphatic heterocycles. The van der Waals surface area contributed by atoms with Crippen LogP contribution in [0.3, 0.4) is 0 Å². The number of benzene rings is 1. The molecule has 4 heterocycles.